The van der Waals surface area contributed by atoms with Gasteiger partial charge in [0.1, 0.15) is 5.75 Å². The number of anilines is 2. The maximum atomic E-state index is 9.75. The quantitative estimate of drug-likeness (QED) is 0.758. The monoisotopic (exact) mass is 227 g/mol. The lowest BCUT2D eigenvalue weighted by atomic mass is 10.0. The number of benzene rings is 2. The summed E-state index contributed by atoms with van der Waals surface area (Å²) in [6, 6.07) is 11.5. The molecule has 88 valence electrons. The van der Waals surface area contributed by atoms with Gasteiger partial charge in [-0.3, -0.25) is 0 Å². The fourth-order valence-corrected chi connectivity index (χ4v) is 2.09. The number of hydrogen-bond donors (Lipinski definition) is 2. The van der Waals surface area contributed by atoms with E-state index in [1.54, 1.807) is 6.07 Å². The second-order valence-corrected chi connectivity index (χ2v) is 4.42. The van der Waals surface area contributed by atoms with Crippen LogP contribution in [0.25, 0.3) is 0 Å². The van der Waals surface area contributed by atoms with Gasteiger partial charge in [0.05, 0.1) is 5.69 Å². The first-order chi connectivity index (χ1) is 8.08. The van der Waals surface area contributed by atoms with Gasteiger partial charge in [0.25, 0.3) is 0 Å². The fourth-order valence-electron chi connectivity index (χ4n) is 2.09. The molecule has 0 aliphatic rings. The number of phenolic OH excluding ortho intramolecular Hbond substituents is 1. The van der Waals surface area contributed by atoms with Gasteiger partial charge in [0.2, 0.25) is 0 Å². The van der Waals surface area contributed by atoms with Crippen molar-refractivity contribution < 1.29 is 5.11 Å². The van der Waals surface area contributed by atoms with Crippen molar-refractivity contribution >= 4 is 11.4 Å². The summed E-state index contributed by atoms with van der Waals surface area (Å²) in [7, 11) is 0. The third-order valence-corrected chi connectivity index (χ3v) is 2.84. The molecule has 0 fully saturated rings. The van der Waals surface area contributed by atoms with Crippen LogP contribution in [0.3, 0.4) is 0 Å². The number of aryl methyl sites for hydroxylation is 3. The van der Waals surface area contributed by atoms with Crippen molar-refractivity contribution in [2.45, 2.75) is 20.8 Å². The zero-order valence-electron chi connectivity index (χ0n) is 10.4. The van der Waals surface area contributed by atoms with Crippen LogP contribution < -0.4 is 5.32 Å². The molecule has 2 rings (SSSR count). The number of phenols is 1. The first-order valence-electron chi connectivity index (χ1n) is 5.71. The molecule has 0 aliphatic carbocycles. The third-order valence-electron chi connectivity index (χ3n) is 2.84. The Labute approximate surface area is 102 Å². The maximum absolute atomic E-state index is 9.75. The van der Waals surface area contributed by atoms with E-state index < -0.39 is 0 Å². The number of nitrogens with one attached hydrogen (secondary N) is 1. The molecule has 0 saturated carbocycles. The zero-order chi connectivity index (χ0) is 12.4. The molecule has 2 nitrogen and oxygen atoms in total. The summed E-state index contributed by atoms with van der Waals surface area (Å²) in [6.07, 6.45) is 0. The molecular weight excluding hydrogens is 210 g/mol. The van der Waals surface area contributed by atoms with Crippen molar-refractivity contribution in [3.8, 4) is 5.75 Å². The molecule has 0 amide bonds. The number of rotatable bonds is 2. The molecule has 0 heterocycles. The smallest absolute Gasteiger partial charge is 0.139 e. The van der Waals surface area contributed by atoms with Crippen LogP contribution in [0.1, 0.15) is 16.7 Å². The minimum Gasteiger partial charge on any atom is -0.506 e. The summed E-state index contributed by atoms with van der Waals surface area (Å²) in [5, 5.41) is 13.0. The Morgan fingerprint density at radius 2 is 1.53 bits per heavy atom. The van der Waals surface area contributed by atoms with Crippen LogP contribution in [-0.2, 0) is 0 Å². The summed E-state index contributed by atoms with van der Waals surface area (Å²) < 4.78 is 0. The highest BCUT2D eigenvalue weighted by molar-refractivity contribution is 5.70. The molecule has 0 bridgehead atoms. The number of aromatic hydroxyl groups is 1. The van der Waals surface area contributed by atoms with Crippen molar-refractivity contribution in [2.24, 2.45) is 0 Å². The molecular formula is C15H17NO. The Hall–Kier alpha value is -1.96. The van der Waals surface area contributed by atoms with E-state index in [1.165, 1.54) is 16.7 Å². The molecule has 0 unspecified atom stereocenters. The highest BCUT2D eigenvalue weighted by Gasteiger charge is 2.06. The highest BCUT2D eigenvalue weighted by atomic mass is 16.3. The molecule has 0 radical (unpaired) electrons. The van der Waals surface area contributed by atoms with Crippen molar-refractivity contribution in [1.82, 2.24) is 0 Å². The zero-order valence-corrected chi connectivity index (χ0v) is 10.4. The Morgan fingerprint density at radius 3 is 2.12 bits per heavy atom. The van der Waals surface area contributed by atoms with Crippen molar-refractivity contribution in [1.29, 1.82) is 0 Å². The lowest BCUT2D eigenvalue weighted by Crippen LogP contribution is -1.97. The predicted molar refractivity (Wildman–Crippen MR) is 72.0 cm³/mol. The van der Waals surface area contributed by atoms with Crippen LogP contribution in [0, 0.1) is 20.8 Å². The molecule has 2 aromatic carbocycles. The molecule has 2 N–H and O–H groups in total. The minimum atomic E-state index is 0.270. The van der Waals surface area contributed by atoms with E-state index in [1.807, 2.05) is 18.2 Å². The summed E-state index contributed by atoms with van der Waals surface area (Å²) in [6.45, 7) is 6.23. The largest absolute Gasteiger partial charge is 0.506 e. The van der Waals surface area contributed by atoms with Gasteiger partial charge in [-0.15, -0.1) is 0 Å². The summed E-state index contributed by atoms with van der Waals surface area (Å²) in [4.78, 5) is 0. The van der Waals surface area contributed by atoms with E-state index in [2.05, 4.69) is 38.2 Å². The Morgan fingerprint density at radius 1 is 0.941 bits per heavy atom. The van der Waals surface area contributed by atoms with E-state index in [-0.39, 0.29) is 5.75 Å². The molecule has 0 aromatic heterocycles. The maximum Gasteiger partial charge on any atom is 0.139 e. The van der Waals surface area contributed by atoms with Gasteiger partial charge in [0.15, 0.2) is 0 Å². The first kappa shape index (κ1) is 11.5. The summed E-state index contributed by atoms with van der Waals surface area (Å²) >= 11 is 0. The van der Waals surface area contributed by atoms with E-state index in [0.717, 1.165) is 11.4 Å². The SMILES string of the molecule is Cc1cc(C)c(Nc2ccccc2O)c(C)c1. The normalized spacial score (nSPS) is 10.3. The molecule has 2 heteroatoms. The van der Waals surface area contributed by atoms with Gasteiger partial charge < -0.3 is 10.4 Å². The standard InChI is InChI=1S/C15H17NO/c1-10-8-11(2)15(12(3)9-10)16-13-6-4-5-7-14(13)17/h4-9,16-17H,1-3H3. The lowest BCUT2D eigenvalue weighted by molar-refractivity contribution is 0.478. The summed E-state index contributed by atoms with van der Waals surface area (Å²) in [5.41, 5.74) is 5.43. The second kappa shape index (κ2) is 4.50. The van der Waals surface area contributed by atoms with Crippen LogP contribution >= 0.6 is 0 Å². The van der Waals surface area contributed by atoms with Crippen LogP contribution in [0.5, 0.6) is 5.75 Å². The van der Waals surface area contributed by atoms with Crippen LogP contribution in [0.4, 0.5) is 11.4 Å². The van der Waals surface area contributed by atoms with E-state index in [4.69, 9.17) is 0 Å². The molecule has 17 heavy (non-hydrogen) atoms. The Kier molecular flexibility index (Phi) is 3.05. The second-order valence-electron chi connectivity index (χ2n) is 4.42. The van der Waals surface area contributed by atoms with Gasteiger partial charge >= 0.3 is 0 Å². The summed E-state index contributed by atoms with van der Waals surface area (Å²) in [5.74, 6) is 0.270. The molecule has 0 aliphatic heterocycles. The van der Waals surface area contributed by atoms with Crippen LogP contribution in [0.15, 0.2) is 36.4 Å². The number of para-hydroxylation sites is 2. The topological polar surface area (TPSA) is 32.3 Å². The van der Waals surface area contributed by atoms with E-state index in [9.17, 15) is 5.11 Å². The van der Waals surface area contributed by atoms with Crippen molar-refractivity contribution in [3.05, 3.63) is 53.1 Å². The molecule has 0 spiro atoms. The average Bonchev–Trinajstić information content (AvgIpc) is 2.25. The Balaban J connectivity index is 2.40. The van der Waals surface area contributed by atoms with Crippen LogP contribution in [0.2, 0.25) is 0 Å². The highest BCUT2D eigenvalue weighted by Crippen LogP contribution is 2.30. The molecule has 0 atom stereocenters. The van der Waals surface area contributed by atoms with Gasteiger partial charge in [-0.05, 0) is 44.0 Å². The first-order valence-corrected chi connectivity index (χ1v) is 5.71. The van der Waals surface area contributed by atoms with Gasteiger partial charge in [0, 0.05) is 5.69 Å². The van der Waals surface area contributed by atoms with Crippen molar-refractivity contribution in [3.63, 3.8) is 0 Å². The predicted octanol–water partition coefficient (Wildman–Crippen LogP) is 4.06. The van der Waals surface area contributed by atoms with Gasteiger partial charge in [-0.1, -0.05) is 29.8 Å². The number of hydrogen-bond acceptors (Lipinski definition) is 2. The van der Waals surface area contributed by atoms with E-state index in [0.29, 0.717) is 0 Å². The van der Waals surface area contributed by atoms with Crippen LogP contribution in [-0.4, -0.2) is 5.11 Å². The Bertz CT molecular complexity index is 523. The van der Waals surface area contributed by atoms with Gasteiger partial charge in [-0.25, -0.2) is 0 Å². The molecule has 0 saturated heterocycles. The lowest BCUT2D eigenvalue weighted by Gasteiger charge is -2.14. The van der Waals surface area contributed by atoms with E-state index >= 15 is 0 Å². The molecule has 2 aromatic rings. The third kappa shape index (κ3) is 2.41. The average molecular weight is 227 g/mol. The fraction of sp³-hybridized carbons (Fsp3) is 0.200. The van der Waals surface area contributed by atoms with Crippen molar-refractivity contribution in [2.75, 3.05) is 5.32 Å². The minimum absolute atomic E-state index is 0.270. The van der Waals surface area contributed by atoms with Gasteiger partial charge in [-0.2, -0.15) is 0 Å².